The highest BCUT2D eigenvalue weighted by atomic mass is 13.9. The lowest BCUT2D eigenvalue weighted by Crippen LogP contribution is -1.89. The van der Waals surface area contributed by atoms with E-state index in [4.69, 9.17) is 7.85 Å². The smallest absolute Gasteiger partial charge is 0.0665 e. The van der Waals surface area contributed by atoms with E-state index < -0.39 is 0 Å². The molecule has 0 aliphatic carbocycles. The average Bonchev–Trinajstić information content (AvgIpc) is 1.90. The molecule has 1 aromatic rings. The Morgan fingerprint density at radius 1 is 1.22 bits per heavy atom. The molecule has 1 unspecified atom stereocenters. The summed E-state index contributed by atoms with van der Waals surface area (Å²) >= 11 is 0. The lowest BCUT2D eigenvalue weighted by molar-refractivity contribution is 1.08. The lowest BCUT2D eigenvalue weighted by Gasteiger charge is -2.01. The Bertz CT molecular complexity index is 167. The molecule has 9 heavy (non-hydrogen) atoms. The molecule has 0 spiro atoms. The number of hydrogen-bond donors (Lipinski definition) is 0. The summed E-state index contributed by atoms with van der Waals surface area (Å²) in [5.74, 6) is 0.159. The van der Waals surface area contributed by atoms with E-state index in [1.807, 2.05) is 37.3 Å². The molecule has 0 saturated carbocycles. The van der Waals surface area contributed by atoms with E-state index in [0.29, 0.717) is 0 Å². The Labute approximate surface area is 57.3 Å². The molecule has 1 aromatic carbocycles. The predicted octanol–water partition coefficient (Wildman–Crippen LogP) is 1.92. The maximum Gasteiger partial charge on any atom is 0.0759 e. The van der Waals surface area contributed by atoms with Gasteiger partial charge in [-0.1, -0.05) is 48.6 Å². The Morgan fingerprint density at radius 2 is 1.78 bits per heavy atom. The molecule has 0 bridgehead atoms. The number of rotatable bonds is 1. The first-order chi connectivity index (χ1) is 4.30. The van der Waals surface area contributed by atoms with Crippen LogP contribution >= 0.6 is 0 Å². The second-order valence-corrected chi connectivity index (χ2v) is 2.20. The van der Waals surface area contributed by atoms with Crippen molar-refractivity contribution >= 4 is 7.85 Å². The van der Waals surface area contributed by atoms with E-state index >= 15 is 0 Å². The fraction of sp³-hybridized carbons (Fsp3) is 0.250. The Balaban J connectivity index is 2.85. The third-order valence-electron chi connectivity index (χ3n) is 1.33. The topological polar surface area (TPSA) is 0 Å². The van der Waals surface area contributed by atoms with Crippen molar-refractivity contribution in [1.82, 2.24) is 0 Å². The van der Waals surface area contributed by atoms with E-state index in [2.05, 4.69) is 0 Å². The van der Waals surface area contributed by atoms with E-state index in [1.165, 1.54) is 5.56 Å². The first-order valence-corrected chi connectivity index (χ1v) is 3.11. The van der Waals surface area contributed by atoms with Crippen LogP contribution in [0.5, 0.6) is 0 Å². The van der Waals surface area contributed by atoms with Gasteiger partial charge in [0, 0.05) is 0 Å². The van der Waals surface area contributed by atoms with E-state index in [9.17, 15) is 0 Å². The van der Waals surface area contributed by atoms with Crippen molar-refractivity contribution in [2.24, 2.45) is 0 Å². The first kappa shape index (κ1) is 6.41. The summed E-state index contributed by atoms with van der Waals surface area (Å²) in [5, 5.41) is 0. The molecule has 1 heteroatoms. The molecule has 0 amide bonds. The molecular weight excluding hydrogens is 107 g/mol. The van der Waals surface area contributed by atoms with Gasteiger partial charge >= 0.3 is 0 Å². The van der Waals surface area contributed by atoms with Gasteiger partial charge in [0.2, 0.25) is 0 Å². The average molecular weight is 116 g/mol. The zero-order chi connectivity index (χ0) is 6.69. The van der Waals surface area contributed by atoms with Crippen molar-refractivity contribution in [2.75, 3.05) is 0 Å². The summed E-state index contributed by atoms with van der Waals surface area (Å²) in [6, 6.07) is 10.1. The largest absolute Gasteiger partial charge is 0.0759 e. The Hall–Kier alpha value is -0.715. The second-order valence-electron chi connectivity index (χ2n) is 2.20. The van der Waals surface area contributed by atoms with Gasteiger partial charge in [0.1, 0.15) is 0 Å². The highest BCUT2D eigenvalue weighted by molar-refractivity contribution is 6.12. The molecule has 44 valence electrons. The Kier molecular flexibility index (Phi) is 1.94. The standard InChI is InChI=1S/C8H9B/c1-7(9)8-5-3-2-4-6-8/h2-7H,1H3. The van der Waals surface area contributed by atoms with Gasteiger partial charge in [-0.15, -0.1) is 0 Å². The molecule has 0 saturated heterocycles. The third-order valence-corrected chi connectivity index (χ3v) is 1.33. The van der Waals surface area contributed by atoms with Crippen LogP contribution in [-0.2, 0) is 0 Å². The van der Waals surface area contributed by atoms with Crippen LogP contribution in [0.25, 0.3) is 0 Å². The normalized spacial score (nSPS) is 13.0. The van der Waals surface area contributed by atoms with Crippen LogP contribution < -0.4 is 0 Å². The van der Waals surface area contributed by atoms with Gasteiger partial charge in [-0.2, -0.15) is 0 Å². The SMILES string of the molecule is [B]C(C)c1ccccc1. The van der Waals surface area contributed by atoms with Crippen LogP contribution in [0.3, 0.4) is 0 Å². The van der Waals surface area contributed by atoms with Gasteiger partial charge in [-0.05, 0) is 0 Å². The summed E-state index contributed by atoms with van der Waals surface area (Å²) in [4.78, 5) is 0. The van der Waals surface area contributed by atoms with Crippen molar-refractivity contribution in [3.05, 3.63) is 35.9 Å². The van der Waals surface area contributed by atoms with E-state index in [1.54, 1.807) is 0 Å². The maximum atomic E-state index is 5.61. The van der Waals surface area contributed by atoms with Crippen molar-refractivity contribution in [3.63, 3.8) is 0 Å². The minimum absolute atomic E-state index is 0.159. The van der Waals surface area contributed by atoms with Crippen LogP contribution in [0.2, 0.25) is 0 Å². The molecule has 1 rings (SSSR count). The monoisotopic (exact) mass is 116 g/mol. The van der Waals surface area contributed by atoms with Crippen LogP contribution in [0, 0.1) is 0 Å². The number of hydrogen-bond acceptors (Lipinski definition) is 0. The minimum atomic E-state index is 0.159. The zero-order valence-corrected chi connectivity index (χ0v) is 5.54. The van der Waals surface area contributed by atoms with Gasteiger partial charge in [-0.3, -0.25) is 0 Å². The summed E-state index contributed by atoms with van der Waals surface area (Å²) in [6.07, 6.45) is 0. The highest BCUT2D eigenvalue weighted by Crippen LogP contribution is 2.08. The van der Waals surface area contributed by atoms with Crippen LogP contribution in [-0.4, -0.2) is 7.85 Å². The van der Waals surface area contributed by atoms with Crippen molar-refractivity contribution in [3.8, 4) is 0 Å². The molecular formula is C8H9B. The molecule has 1 atom stereocenters. The van der Waals surface area contributed by atoms with Gasteiger partial charge in [0.15, 0.2) is 0 Å². The van der Waals surface area contributed by atoms with Crippen molar-refractivity contribution in [2.45, 2.75) is 12.7 Å². The molecule has 0 aliphatic rings. The zero-order valence-electron chi connectivity index (χ0n) is 5.54. The van der Waals surface area contributed by atoms with E-state index in [-0.39, 0.29) is 5.82 Å². The minimum Gasteiger partial charge on any atom is -0.0665 e. The summed E-state index contributed by atoms with van der Waals surface area (Å²) in [5.41, 5.74) is 1.19. The summed E-state index contributed by atoms with van der Waals surface area (Å²) < 4.78 is 0. The quantitative estimate of drug-likeness (QED) is 0.491. The summed E-state index contributed by atoms with van der Waals surface area (Å²) in [7, 11) is 5.61. The molecule has 0 heterocycles. The van der Waals surface area contributed by atoms with Crippen LogP contribution in [0.4, 0.5) is 0 Å². The van der Waals surface area contributed by atoms with Crippen LogP contribution in [0.1, 0.15) is 18.3 Å². The van der Waals surface area contributed by atoms with Crippen LogP contribution in [0.15, 0.2) is 30.3 Å². The van der Waals surface area contributed by atoms with Gasteiger partial charge in [0.25, 0.3) is 0 Å². The second kappa shape index (κ2) is 2.72. The molecule has 0 N–H and O–H groups in total. The van der Waals surface area contributed by atoms with E-state index in [0.717, 1.165) is 0 Å². The highest BCUT2D eigenvalue weighted by Gasteiger charge is 1.93. The fourth-order valence-electron chi connectivity index (χ4n) is 0.757. The molecule has 0 aromatic heterocycles. The molecule has 2 radical (unpaired) electrons. The predicted molar refractivity (Wildman–Crippen MR) is 40.6 cm³/mol. The molecule has 0 fully saturated rings. The fourth-order valence-corrected chi connectivity index (χ4v) is 0.757. The Morgan fingerprint density at radius 3 is 2.11 bits per heavy atom. The number of benzene rings is 1. The van der Waals surface area contributed by atoms with Crippen molar-refractivity contribution < 1.29 is 0 Å². The molecule has 0 nitrogen and oxygen atoms in total. The van der Waals surface area contributed by atoms with Crippen molar-refractivity contribution in [1.29, 1.82) is 0 Å². The third kappa shape index (κ3) is 1.60. The van der Waals surface area contributed by atoms with Gasteiger partial charge < -0.3 is 0 Å². The maximum absolute atomic E-state index is 5.61. The van der Waals surface area contributed by atoms with Gasteiger partial charge in [0.05, 0.1) is 7.85 Å². The first-order valence-electron chi connectivity index (χ1n) is 3.11. The lowest BCUT2D eigenvalue weighted by atomic mass is 9.83. The molecule has 0 aliphatic heterocycles. The summed E-state index contributed by atoms with van der Waals surface area (Å²) in [6.45, 7) is 1.98. The van der Waals surface area contributed by atoms with Gasteiger partial charge in [-0.25, -0.2) is 0 Å².